The van der Waals surface area contributed by atoms with Crippen molar-refractivity contribution >= 4 is 5.57 Å². The average molecular weight is 518 g/mol. The summed E-state index contributed by atoms with van der Waals surface area (Å²) in [7, 11) is 0. The van der Waals surface area contributed by atoms with Gasteiger partial charge in [-0.25, -0.2) is 0 Å². The van der Waals surface area contributed by atoms with Gasteiger partial charge in [0.25, 0.3) is 0 Å². The van der Waals surface area contributed by atoms with E-state index >= 15 is 0 Å². The summed E-state index contributed by atoms with van der Waals surface area (Å²) in [5.41, 5.74) is 4.19. The molecule has 1 aromatic heterocycles. The Bertz CT molecular complexity index is 1170. The quantitative estimate of drug-likeness (QED) is 0.530. The summed E-state index contributed by atoms with van der Waals surface area (Å²) in [6, 6.07) is 4.68. The number of halogens is 3. The van der Waals surface area contributed by atoms with Crippen molar-refractivity contribution in [1.29, 1.82) is 0 Å². The average Bonchev–Trinajstić information content (AvgIpc) is 2.87. The first-order valence-corrected chi connectivity index (χ1v) is 13.0. The number of rotatable bonds is 4. The van der Waals surface area contributed by atoms with Gasteiger partial charge in [-0.1, -0.05) is 32.1 Å². The predicted molar refractivity (Wildman–Crippen MR) is 133 cm³/mol. The van der Waals surface area contributed by atoms with Gasteiger partial charge in [0.1, 0.15) is 6.10 Å². The van der Waals surface area contributed by atoms with Crippen LogP contribution in [-0.4, -0.2) is 41.6 Å². The highest BCUT2D eigenvalue weighted by molar-refractivity contribution is 5.75. The number of aromatic nitrogens is 1. The van der Waals surface area contributed by atoms with Crippen LogP contribution < -0.4 is 0 Å². The first-order valence-electron chi connectivity index (χ1n) is 13.0. The predicted octanol–water partition coefficient (Wildman–Crippen LogP) is 5.89. The van der Waals surface area contributed by atoms with Crippen molar-refractivity contribution in [2.75, 3.05) is 26.4 Å². The third kappa shape index (κ3) is 5.35. The Morgan fingerprint density at radius 3 is 2.38 bits per heavy atom. The normalized spacial score (nSPS) is 23.3. The Kier molecular flexibility index (Phi) is 7.22. The zero-order valence-corrected chi connectivity index (χ0v) is 21.3. The van der Waals surface area contributed by atoms with Crippen LogP contribution in [0.4, 0.5) is 13.2 Å². The monoisotopic (exact) mass is 517 g/mol. The zero-order valence-electron chi connectivity index (χ0n) is 21.3. The third-order valence-corrected chi connectivity index (χ3v) is 7.83. The van der Waals surface area contributed by atoms with Crippen molar-refractivity contribution in [2.45, 2.75) is 70.3 Å². The summed E-state index contributed by atoms with van der Waals surface area (Å²) in [5, 5.41) is 23.2. The zero-order chi connectivity index (χ0) is 26.4. The van der Waals surface area contributed by atoms with Crippen molar-refractivity contribution in [1.82, 2.24) is 4.98 Å². The van der Waals surface area contributed by atoms with Crippen LogP contribution in [0, 0.1) is 5.41 Å². The summed E-state index contributed by atoms with van der Waals surface area (Å²) in [4.78, 5) is 5.13. The van der Waals surface area contributed by atoms with Crippen LogP contribution in [0.1, 0.15) is 96.9 Å². The van der Waals surface area contributed by atoms with E-state index in [0.717, 1.165) is 53.1 Å². The first-order chi connectivity index (χ1) is 17.5. The molecule has 2 N–H and O–H groups in total. The molecule has 1 unspecified atom stereocenters. The van der Waals surface area contributed by atoms with Gasteiger partial charge in [0, 0.05) is 36.0 Å². The minimum Gasteiger partial charge on any atom is -0.388 e. The van der Waals surface area contributed by atoms with E-state index in [1.165, 1.54) is 12.1 Å². The van der Waals surface area contributed by atoms with Gasteiger partial charge in [-0.3, -0.25) is 4.98 Å². The molecule has 2 aliphatic heterocycles. The van der Waals surface area contributed by atoms with E-state index in [1.54, 1.807) is 0 Å². The lowest BCUT2D eigenvalue weighted by molar-refractivity contribution is -0.137. The number of benzene rings is 1. The van der Waals surface area contributed by atoms with Gasteiger partial charge in [-0.2, -0.15) is 13.2 Å². The summed E-state index contributed by atoms with van der Waals surface area (Å²) in [6.45, 7) is 6.35. The van der Waals surface area contributed by atoms with Crippen LogP contribution in [-0.2, 0) is 22.1 Å². The van der Waals surface area contributed by atoms with Gasteiger partial charge < -0.3 is 19.7 Å². The maximum absolute atomic E-state index is 13.2. The van der Waals surface area contributed by atoms with E-state index in [4.69, 9.17) is 14.5 Å². The van der Waals surface area contributed by atoms with Crippen molar-refractivity contribution in [3.05, 3.63) is 69.5 Å². The molecular formula is C29H34F3NO4. The van der Waals surface area contributed by atoms with E-state index in [1.807, 2.05) is 6.08 Å². The second-order valence-electron chi connectivity index (χ2n) is 11.2. The summed E-state index contributed by atoms with van der Waals surface area (Å²) < 4.78 is 50.8. The third-order valence-electron chi connectivity index (χ3n) is 7.83. The summed E-state index contributed by atoms with van der Waals surface area (Å²) in [5.74, 6) is 0.0412. The number of ether oxygens (including phenoxy) is 2. The Morgan fingerprint density at radius 1 is 1.05 bits per heavy atom. The van der Waals surface area contributed by atoms with Crippen molar-refractivity contribution in [3.63, 3.8) is 0 Å². The number of nitrogens with zero attached hydrogens (tertiary/aromatic N) is 1. The lowest BCUT2D eigenvalue weighted by atomic mass is 9.71. The molecule has 1 aliphatic carbocycles. The topological polar surface area (TPSA) is 71.8 Å². The summed E-state index contributed by atoms with van der Waals surface area (Å²) >= 11 is 0. The molecule has 0 amide bonds. The number of hydrogen-bond acceptors (Lipinski definition) is 5. The molecule has 2 aromatic rings. The second kappa shape index (κ2) is 10.1. The number of alkyl halides is 3. The Hall–Kier alpha value is -2.26. The van der Waals surface area contributed by atoms with Crippen LogP contribution in [0.15, 0.2) is 30.3 Å². The van der Waals surface area contributed by atoms with E-state index in [2.05, 4.69) is 13.8 Å². The van der Waals surface area contributed by atoms with Crippen LogP contribution in [0.2, 0.25) is 0 Å². The molecule has 8 heteroatoms. The molecule has 3 aliphatic rings. The molecule has 0 bridgehead atoms. The molecule has 200 valence electrons. The highest BCUT2D eigenvalue weighted by atomic mass is 19.4. The number of pyridine rings is 1. The van der Waals surface area contributed by atoms with Crippen LogP contribution in [0.5, 0.6) is 0 Å². The van der Waals surface area contributed by atoms with Gasteiger partial charge in [0.2, 0.25) is 0 Å². The lowest BCUT2D eigenvalue weighted by Crippen LogP contribution is -2.30. The van der Waals surface area contributed by atoms with Gasteiger partial charge in [-0.05, 0) is 66.4 Å². The molecule has 2 atom stereocenters. The molecule has 0 radical (unpaired) electrons. The van der Waals surface area contributed by atoms with Crippen LogP contribution in [0.25, 0.3) is 5.57 Å². The lowest BCUT2D eigenvalue weighted by Gasteiger charge is -2.39. The van der Waals surface area contributed by atoms with Crippen molar-refractivity contribution < 1.29 is 32.9 Å². The summed E-state index contributed by atoms with van der Waals surface area (Å²) in [6.07, 6.45) is -1.06. The SMILES string of the molecule is CC1(C)Cc2nc(C3CCOCC3)c([C@H](O)c3ccc(C(F)(F)F)cc3)c(C3=CCOCC3)c2C(O)C1. The van der Waals surface area contributed by atoms with E-state index < -0.39 is 23.9 Å². The molecule has 0 spiro atoms. The molecule has 5 nitrogen and oxygen atoms in total. The number of fused-ring (bicyclic) bond motifs is 1. The van der Waals surface area contributed by atoms with E-state index in [-0.39, 0.29) is 11.3 Å². The fourth-order valence-corrected chi connectivity index (χ4v) is 6.01. The smallest absolute Gasteiger partial charge is 0.388 e. The Balaban J connectivity index is 1.74. The molecule has 5 rings (SSSR count). The highest BCUT2D eigenvalue weighted by Gasteiger charge is 2.39. The molecule has 1 aromatic carbocycles. The first kappa shape index (κ1) is 26.4. The minimum absolute atomic E-state index is 0.0412. The molecule has 1 fully saturated rings. The van der Waals surface area contributed by atoms with Gasteiger partial charge in [0.05, 0.1) is 30.6 Å². The highest BCUT2D eigenvalue weighted by Crippen LogP contribution is 2.48. The maximum atomic E-state index is 13.2. The minimum atomic E-state index is -4.46. The van der Waals surface area contributed by atoms with Crippen molar-refractivity contribution in [2.24, 2.45) is 5.41 Å². The molecule has 3 heterocycles. The second-order valence-corrected chi connectivity index (χ2v) is 11.2. The fraction of sp³-hybridized carbons (Fsp3) is 0.552. The number of hydrogen-bond donors (Lipinski definition) is 2. The van der Waals surface area contributed by atoms with Gasteiger partial charge in [-0.15, -0.1) is 0 Å². The van der Waals surface area contributed by atoms with E-state index in [0.29, 0.717) is 56.8 Å². The Morgan fingerprint density at radius 2 is 1.76 bits per heavy atom. The largest absolute Gasteiger partial charge is 0.416 e. The molecule has 37 heavy (non-hydrogen) atoms. The van der Waals surface area contributed by atoms with Gasteiger partial charge >= 0.3 is 6.18 Å². The van der Waals surface area contributed by atoms with Crippen molar-refractivity contribution in [3.8, 4) is 0 Å². The van der Waals surface area contributed by atoms with E-state index in [9.17, 15) is 23.4 Å². The van der Waals surface area contributed by atoms with Crippen LogP contribution >= 0.6 is 0 Å². The molecule has 0 saturated carbocycles. The molecular weight excluding hydrogens is 483 g/mol. The van der Waals surface area contributed by atoms with Crippen LogP contribution in [0.3, 0.4) is 0 Å². The van der Waals surface area contributed by atoms with Gasteiger partial charge in [0.15, 0.2) is 0 Å². The maximum Gasteiger partial charge on any atom is 0.416 e. The standard InChI is InChI=1S/C29H34F3NO4/c1-28(2)15-21-24(22(34)16-28)23(17-7-11-36-12-8-17)25(26(33-21)18-9-13-37-14-10-18)27(35)19-3-5-20(6-4-19)29(30,31)32/h3-7,18,22,27,34-35H,8-16H2,1-2H3/t22?,27-/m1/s1. The molecule has 1 saturated heterocycles. The Labute approximate surface area is 215 Å². The number of aliphatic hydroxyl groups is 2. The number of aliphatic hydroxyl groups excluding tert-OH is 2. The fourth-order valence-electron chi connectivity index (χ4n) is 6.01.